The van der Waals surface area contributed by atoms with Gasteiger partial charge in [0.05, 0.1) is 19.1 Å². The number of aliphatic hydroxyl groups excluding tert-OH is 1. The standard InChI is InChI=1S/C9H12O2.C7H10O.C7H10.2CH4.BHN/c1-11-9(10)8-5-6-2-3-7(8)4-6;8-7-4-5-1-2-6(7)3-5;1-2-7-4-3-6(1)5-7;;;1-2/h2-3,6-8H,4-5H2,1H3;1-2,5-8H,3-4H2;1-2,6-7H,3-5H2;2*1H4;2H. The fourth-order valence-corrected chi connectivity index (χ4v) is 5.67. The third-order valence-electron chi connectivity index (χ3n) is 7.20. The number of fused-ring (bicyclic) bond motifs is 6. The van der Waals surface area contributed by atoms with Crippen LogP contribution in [0.2, 0.25) is 0 Å². The van der Waals surface area contributed by atoms with Gasteiger partial charge in [-0.25, -0.2) is 0 Å². The van der Waals surface area contributed by atoms with Gasteiger partial charge >= 0.3 is 18.9 Å². The van der Waals surface area contributed by atoms with E-state index in [1.807, 2.05) is 0 Å². The number of carbonyl (C=O) groups is 1. The summed E-state index contributed by atoms with van der Waals surface area (Å²) in [4.78, 5) is 11.1. The summed E-state index contributed by atoms with van der Waals surface area (Å²) in [6.07, 6.45) is 22.3. The number of methoxy groups -OCH3 is 1. The summed E-state index contributed by atoms with van der Waals surface area (Å²) in [6, 6.07) is 0. The van der Waals surface area contributed by atoms with Crippen LogP contribution in [0.25, 0.3) is 0 Å². The Balaban J connectivity index is 0.000000214. The summed E-state index contributed by atoms with van der Waals surface area (Å²) >= 11 is 0. The van der Waals surface area contributed by atoms with E-state index < -0.39 is 0 Å². The zero-order valence-corrected chi connectivity index (χ0v) is 16.9. The van der Waals surface area contributed by atoms with E-state index in [-0.39, 0.29) is 32.8 Å². The van der Waals surface area contributed by atoms with Crippen molar-refractivity contribution in [2.75, 3.05) is 7.11 Å². The molecule has 167 valence electrons. The fraction of sp³-hybridized carbons (Fsp3) is 0.720. The van der Waals surface area contributed by atoms with Crippen LogP contribution in [-0.2, 0) is 9.53 Å². The summed E-state index contributed by atoms with van der Waals surface area (Å²) in [6.45, 7) is 0. The van der Waals surface area contributed by atoms with E-state index in [1.165, 1.54) is 39.2 Å². The van der Waals surface area contributed by atoms with Gasteiger partial charge in [0, 0.05) is 5.92 Å². The van der Waals surface area contributed by atoms with Crippen LogP contribution in [0.1, 0.15) is 59.8 Å². The van der Waals surface area contributed by atoms with E-state index in [0.29, 0.717) is 17.8 Å². The van der Waals surface area contributed by atoms with Gasteiger partial charge in [-0.15, -0.1) is 0 Å². The van der Waals surface area contributed by atoms with E-state index in [2.05, 4.69) is 44.1 Å². The molecule has 0 amide bonds. The quantitative estimate of drug-likeness (QED) is 0.339. The van der Waals surface area contributed by atoms with Crippen molar-refractivity contribution >= 4 is 13.6 Å². The Bertz CT molecular complexity index is 620. The molecule has 5 heteroatoms. The molecular weight excluding hydrogens is 373 g/mol. The Kier molecular flexibility index (Phi) is 11.0. The van der Waals surface area contributed by atoms with Crippen molar-refractivity contribution < 1.29 is 14.6 Å². The molecule has 3 saturated carbocycles. The molecule has 0 aromatic rings. The molecule has 6 aliphatic carbocycles. The minimum atomic E-state index is -0.0261. The Morgan fingerprint density at radius 3 is 1.53 bits per heavy atom. The summed E-state index contributed by atoms with van der Waals surface area (Å²) in [5, 5.41) is 14.4. The third-order valence-corrected chi connectivity index (χ3v) is 7.20. The summed E-state index contributed by atoms with van der Waals surface area (Å²) in [5.41, 5.74) is 0. The normalized spacial score (nSPS) is 38.8. The van der Waals surface area contributed by atoms with E-state index in [4.69, 9.17) is 15.2 Å². The van der Waals surface area contributed by atoms with Crippen LogP contribution in [0.5, 0.6) is 0 Å². The molecule has 6 bridgehead atoms. The summed E-state index contributed by atoms with van der Waals surface area (Å²) in [5.74, 6) is 4.48. The first-order valence-electron chi connectivity index (χ1n) is 10.7. The van der Waals surface area contributed by atoms with Crippen LogP contribution in [0.3, 0.4) is 0 Å². The van der Waals surface area contributed by atoms with Gasteiger partial charge in [0.1, 0.15) is 0 Å². The van der Waals surface area contributed by atoms with E-state index in [9.17, 15) is 4.79 Å². The van der Waals surface area contributed by atoms with Crippen LogP contribution in [-0.4, -0.2) is 31.9 Å². The van der Waals surface area contributed by atoms with Crippen molar-refractivity contribution in [3.8, 4) is 0 Å². The second kappa shape index (κ2) is 12.4. The predicted molar refractivity (Wildman–Crippen MR) is 124 cm³/mol. The van der Waals surface area contributed by atoms with Crippen molar-refractivity contribution in [2.45, 2.75) is 65.9 Å². The molecule has 30 heavy (non-hydrogen) atoms. The number of aliphatic hydroxyl groups is 1. The minimum absolute atomic E-state index is 0. The molecule has 2 N–H and O–H groups in total. The first-order chi connectivity index (χ1) is 13.6. The SMILES string of the molecule is C.C.C1=CC2CCC1C2.COC(=O)C1CC2C=CC1C2.OC1CC2C=CC1C2.[B]=N. The molecule has 6 aliphatic rings. The van der Waals surface area contributed by atoms with Crippen LogP contribution in [0.4, 0.5) is 0 Å². The molecule has 0 aromatic carbocycles. The van der Waals surface area contributed by atoms with Crippen LogP contribution >= 0.6 is 0 Å². The molecule has 8 atom stereocenters. The number of ether oxygens (including phenoxy) is 1. The Labute approximate surface area is 184 Å². The van der Waals surface area contributed by atoms with Gasteiger partial charge in [0.2, 0.25) is 0 Å². The summed E-state index contributed by atoms with van der Waals surface area (Å²) < 4.78 is 4.71. The zero-order chi connectivity index (χ0) is 20.1. The molecule has 6 rings (SSSR count). The van der Waals surface area contributed by atoms with E-state index in [1.54, 1.807) is 0 Å². The number of hydrogen-bond donors (Lipinski definition) is 2. The molecule has 0 heterocycles. The number of esters is 1. The van der Waals surface area contributed by atoms with Crippen molar-refractivity contribution in [3.05, 3.63) is 36.5 Å². The predicted octanol–water partition coefficient (Wildman–Crippen LogP) is 5.48. The maximum absolute atomic E-state index is 11.1. The molecule has 0 aromatic heterocycles. The van der Waals surface area contributed by atoms with Crippen LogP contribution in [0, 0.1) is 46.7 Å². The topological polar surface area (TPSA) is 70.4 Å². The van der Waals surface area contributed by atoms with Gasteiger partial charge in [-0.3, -0.25) is 4.79 Å². The Hall–Kier alpha value is -1.49. The summed E-state index contributed by atoms with van der Waals surface area (Å²) in [7, 11) is 5.22. The van der Waals surface area contributed by atoms with Gasteiger partial charge in [-0.05, 0) is 74.5 Å². The van der Waals surface area contributed by atoms with Crippen molar-refractivity contribution in [3.63, 3.8) is 0 Å². The van der Waals surface area contributed by atoms with Crippen molar-refractivity contribution in [1.29, 1.82) is 5.31 Å². The van der Waals surface area contributed by atoms with Crippen molar-refractivity contribution in [1.82, 2.24) is 0 Å². The van der Waals surface area contributed by atoms with Gasteiger partial charge in [-0.1, -0.05) is 51.3 Å². The third kappa shape index (κ3) is 6.26. The van der Waals surface area contributed by atoms with Crippen LogP contribution < -0.4 is 0 Å². The average molecular weight is 414 g/mol. The molecule has 0 saturated heterocycles. The number of allylic oxidation sites excluding steroid dienone is 5. The fourth-order valence-electron chi connectivity index (χ4n) is 5.67. The molecule has 1 radical (unpaired) electrons. The zero-order valence-electron chi connectivity index (χ0n) is 16.9. The molecular formula is C25H41BNO3. The molecule has 3 fully saturated rings. The van der Waals surface area contributed by atoms with Crippen molar-refractivity contribution in [2.24, 2.45) is 41.4 Å². The van der Waals surface area contributed by atoms with E-state index >= 15 is 0 Å². The second-order valence-electron chi connectivity index (χ2n) is 8.98. The molecule has 0 spiro atoms. The molecule has 8 unspecified atom stereocenters. The van der Waals surface area contributed by atoms with Gasteiger partial charge < -0.3 is 9.84 Å². The second-order valence-corrected chi connectivity index (χ2v) is 8.98. The van der Waals surface area contributed by atoms with E-state index in [0.717, 1.165) is 30.6 Å². The van der Waals surface area contributed by atoms with Gasteiger partial charge in [0.15, 0.2) is 0 Å². The maximum atomic E-state index is 11.1. The first-order valence-corrected chi connectivity index (χ1v) is 10.7. The number of hydrogen-bond acceptors (Lipinski definition) is 4. The van der Waals surface area contributed by atoms with Gasteiger partial charge in [-0.2, -0.15) is 0 Å². The average Bonchev–Trinajstić information content (AvgIpc) is 3.56. The van der Waals surface area contributed by atoms with Gasteiger partial charge in [0.25, 0.3) is 0 Å². The number of nitrogens with one attached hydrogen (secondary N) is 1. The van der Waals surface area contributed by atoms with Crippen LogP contribution in [0.15, 0.2) is 36.5 Å². The Morgan fingerprint density at radius 2 is 1.30 bits per heavy atom. The molecule has 4 nitrogen and oxygen atoms in total. The number of carbonyl (C=O) groups excluding carboxylic acids is 1. The first kappa shape index (κ1) is 26.6. The monoisotopic (exact) mass is 414 g/mol. The molecule has 0 aliphatic heterocycles. The Morgan fingerprint density at radius 1 is 0.800 bits per heavy atom. The number of rotatable bonds is 1.